The molecule has 0 fully saturated rings. The first-order chi connectivity index (χ1) is 11.2. The van der Waals surface area contributed by atoms with E-state index in [0.717, 1.165) is 11.3 Å². The van der Waals surface area contributed by atoms with E-state index < -0.39 is 0 Å². The van der Waals surface area contributed by atoms with Gasteiger partial charge in [0.2, 0.25) is 11.7 Å². The molecule has 2 aromatic carbocycles. The molecule has 1 N–H and O–H groups in total. The van der Waals surface area contributed by atoms with Gasteiger partial charge in [-0.15, -0.1) is 0 Å². The van der Waals surface area contributed by atoms with Crippen LogP contribution in [0.4, 0.5) is 5.69 Å². The summed E-state index contributed by atoms with van der Waals surface area (Å²) in [5, 5.41) is 6.75. The molecule has 1 heterocycles. The molecule has 0 aliphatic carbocycles. The molecule has 6 heteroatoms. The Kier molecular flexibility index (Phi) is 4.05. The van der Waals surface area contributed by atoms with E-state index in [0.29, 0.717) is 23.0 Å². The van der Waals surface area contributed by atoms with Gasteiger partial charge in [0.15, 0.2) is 0 Å². The zero-order valence-electron chi connectivity index (χ0n) is 12.7. The lowest BCUT2D eigenvalue weighted by Crippen LogP contribution is -2.06. The Labute approximate surface area is 133 Å². The molecule has 23 heavy (non-hydrogen) atoms. The Bertz CT molecular complexity index is 825. The van der Waals surface area contributed by atoms with Crippen LogP contribution in [0.1, 0.15) is 6.92 Å². The predicted molar refractivity (Wildman–Crippen MR) is 86.0 cm³/mol. The molecule has 1 amide bonds. The maximum Gasteiger partial charge on any atom is 0.260 e. The zero-order valence-corrected chi connectivity index (χ0v) is 12.7. The fourth-order valence-electron chi connectivity index (χ4n) is 2.16. The van der Waals surface area contributed by atoms with Gasteiger partial charge in [-0.3, -0.25) is 4.79 Å². The van der Waals surface area contributed by atoms with Crippen LogP contribution in [0.5, 0.6) is 5.75 Å². The van der Waals surface area contributed by atoms with Crippen molar-refractivity contribution in [1.82, 2.24) is 10.1 Å². The van der Waals surface area contributed by atoms with Crippen molar-refractivity contribution in [2.24, 2.45) is 0 Å². The molecule has 0 aliphatic rings. The summed E-state index contributed by atoms with van der Waals surface area (Å²) in [6.45, 7) is 1.45. The standard InChI is InChI=1S/C17H15N3O3/c1-11(21)18-15-6-4-3-5-14(15)17-19-16(20-23-17)12-7-9-13(22-2)10-8-12/h3-10H,1-2H3,(H,18,21). The van der Waals surface area contributed by atoms with Gasteiger partial charge in [0.1, 0.15) is 5.75 Å². The van der Waals surface area contributed by atoms with Crippen LogP contribution in [0, 0.1) is 0 Å². The lowest BCUT2D eigenvalue weighted by molar-refractivity contribution is -0.114. The van der Waals surface area contributed by atoms with Gasteiger partial charge in [0.25, 0.3) is 5.89 Å². The second-order valence-corrected chi connectivity index (χ2v) is 4.88. The molecule has 116 valence electrons. The van der Waals surface area contributed by atoms with E-state index in [2.05, 4.69) is 15.5 Å². The van der Waals surface area contributed by atoms with Crippen LogP contribution in [0.3, 0.4) is 0 Å². The fraction of sp³-hybridized carbons (Fsp3) is 0.118. The molecule has 0 saturated heterocycles. The number of para-hydroxylation sites is 1. The monoisotopic (exact) mass is 309 g/mol. The van der Waals surface area contributed by atoms with Crippen molar-refractivity contribution in [1.29, 1.82) is 0 Å². The SMILES string of the molecule is COc1ccc(-c2noc(-c3ccccc3NC(C)=O)n2)cc1. The lowest BCUT2D eigenvalue weighted by Gasteiger charge is -2.05. The number of amides is 1. The number of anilines is 1. The molecule has 1 aromatic heterocycles. The van der Waals surface area contributed by atoms with Crippen molar-refractivity contribution < 1.29 is 14.1 Å². The van der Waals surface area contributed by atoms with Gasteiger partial charge in [-0.2, -0.15) is 4.98 Å². The molecular weight excluding hydrogens is 294 g/mol. The van der Waals surface area contributed by atoms with Crippen LogP contribution < -0.4 is 10.1 Å². The number of benzene rings is 2. The lowest BCUT2D eigenvalue weighted by atomic mass is 10.1. The molecule has 0 spiro atoms. The molecule has 6 nitrogen and oxygen atoms in total. The number of methoxy groups -OCH3 is 1. The van der Waals surface area contributed by atoms with Crippen LogP contribution >= 0.6 is 0 Å². The minimum absolute atomic E-state index is 0.160. The van der Waals surface area contributed by atoms with Gasteiger partial charge < -0.3 is 14.6 Å². The van der Waals surface area contributed by atoms with E-state index in [1.807, 2.05) is 42.5 Å². The van der Waals surface area contributed by atoms with Gasteiger partial charge in [-0.1, -0.05) is 17.3 Å². The normalized spacial score (nSPS) is 10.3. The predicted octanol–water partition coefficient (Wildman–Crippen LogP) is 3.37. The molecule has 3 aromatic rings. The van der Waals surface area contributed by atoms with Gasteiger partial charge in [0.05, 0.1) is 18.4 Å². The van der Waals surface area contributed by atoms with Crippen LogP contribution in [0.15, 0.2) is 53.1 Å². The number of aromatic nitrogens is 2. The van der Waals surface area contributed by atoms with E-state index in [1.54, 1.807) is 13.2 Å². The largest absolute Gasteiger partial charge is 0.497 e. The Morgan fingerprint density at radius 1 is 1.13 bits per heavy atom. The van der Waals surface area contributed by atoms with E-state index in [9.17, 15) is 4.79 Å². The molecular formula is C17H15N3O3. The second-order valence-electron chi connectivity index (χ2n) is 4.88. The van der Waals surface area contributed by atoms with Gasteiger partial charge in [0, 0.05) is 12.5 Å². The summed E-state index contributed by atoms with van der Waals surface area (Å²) in [5.74, 6) is 1.42. The number of carbonyl (C=O) groups is 1. The Hall–Kier alpha value is -3.15. The Morgan fingerprint density at radius 3 is 2.57 bits per heavy atom. The molecule has 0 radical (unpaired) electrons. The molecule has 0 unspecified atom stereocenters. The number of nitrogens with zero attached hydrogens (tertiary/aromatic N) is 2. The molecule has 0 atom stereocenters. The highest BCUT2D eigenvalue weighted by Crippen LogP contribution is 2.28. The van der Waals surface area contributed by atoms with Crippen molar-refractivity contribution in [3.05, 3.63) is 48.5 Å². The maximum atomic E-state index is 11.3. The molecule has 3 rings (SSSR count). The summed E-state index contributed by atoms with van der Waals surface area (Å²) < 4.78 is 10.5. The van der Waals surface area contributed by atoms with E-state index in [1.165, 1.54) is 6.92 Å². The van der Waals surface area contributed by atoms with E-state index in [4.69, 9.17) is 9.26 Å². The van der Waals surface area contributed by atoms with Crippen molar-refractivity contribution in [2.45, 2.75) is 6.92 Å². The Morgan fingerprint density at radius 2 is 1.87 bits per heavy atom. The minimum atomic E-state index is -0.160. The quantitative estimate of drug-likeness (QED) is 0.799. The molecule has 0 bridgehead atoms. The summed E-state index contributed by atoms with van der Waals surface area (Å²) in [5.41, 5.74) is 2.12. The smallest absolute Gasteiger partial charge is 0.260 e. The summed E-state index contributed by atoms with van der Waals surface area (Å²) in [6.07, 6.45) is 0. The summed E-state index contributed by atoms with van der Waals surface area (Å²) in [4.78, 5) is 15.7. The zero-order chi connectivity index (χ0) is 16.2. The highest BCUT2D eigenvalue weighted by molar-refractivity contribution is 5.93. The van der Waals surface area contributed by atoms with Crippen LogP contribution in [-0.4, -0.2) is 23.2 Å². The first-order valence-electron chi connectivity index (χ1n) is 7.02. The summed E-state index contributed by atoms with van der Waals surface area (Å²) in [7, 11) is 1.61. The van der Waals surface area contributed by atoms with E-state index >= 15 is 0 Å². The van der Waals surface area contributed by atoms with Crippen LogP contribution in [0.2, 0.25) is 0 Å². The molecule has 0 saturated carbocycles. The maximum absolute atomic E-state index is 11.3. The third-order valence-electron chi connectivity index (χ3n) is 3.24. The number of rotatable bonds is 4. The second kappa shape index (κ2) is 6.31. The third kappa shape index (κ3) is 3.21. The average Bonchev–Trinajstić information content (AvgIpc) is 3.05. The van der Waals surface area contributed by atoms with Gasteiger partial charge in [-0.05, 0) is 36.4 Å². The summed E-state index contributed by atoms with van der Waals surface area (Å²) in [6, 6.07) is 14.6. The summed E-state index contributed by atoms with van der Waals surface area (Å²) >= 11 is 0. The van der Waals surface area contributed by atoms with Crippen LogP contribution in [0.25, 0.3) is 22.8 Å². The van der Waals surface area contributed by atoms with Crippen molar-refractivity contribution in [3.8, 4) is 28.6 Å². The first kappa shape index (κ1) is 14.8. The highest BCUT2D eigenvalue weighted by Gasteiger charge is 2.14. The minimum Gasteiger partial charge on any atom is -0.497 e. The molecule has 0 aliphatic heterocycles. The number of carbonyl (C=O) groups excluding carboxylic acids is 1. The number of hydrogen-bond acceptors (Lipinski definition) is 5. The van der Waals surface area contributed by atoms with Crippen LogP contribution in [-0.2, 0) is 4.79 Å². The van der Waals surface area contributed by atoms with Crippen molar-refractivity contribution in [2.75, 3.05) is 12.4 Å². The number of nitrogens with one attached hydrogen (secondary N) is 1. The number of ether oxygens (including phenoxy) is 1. The van der Waals surface area contributed by atoms with Gasteiger partial charge in [-0.25, -0.2) is 0 Å². The fourth-order valence-corrected chi connectivity index (χ4v) is 2.16. The van der Waals surface area contributed by atoms with E-state index in [-0.39, 0.29) is 5.91 Å². The highest BCUT2D eigenvalue weighted by atomic mass is 16.5. The van der Waals surface area contributed by atoms with Gasteiger partial charge >= 0.3 is 0 Å². The first-order valence-corrected chi connectivity index (χ1v) is 7.02. The third-order valence-corrected chi connectivity index (χ3v) is 3.24. The number of hydrogen-bond donors (Lipinski definition) is 1. The van der Waals surface area contributed by atoms with Crippen molar-refractivity contribution in [3.63, 3.8) is 0 Å². The average molecular weight is 309 g/mol. The topological polar surface area (TPSA) is 77.3 Å². The van der Waals surface area contributed by atoms with Crippen molar-refractivity contribution >= 4 is 11.6 Å². The Balaban J connectivity index is 1.94.